The van der Waals surface area contributed by atoms with E-state index in [4.69, 9.17) is 5.11 Å². The van der Waals surface area contributed by atoms with E-state index in [1.54, 1.807) is 0 Å². The fourth-order valence-electron chi connectivity index (χ4n) is 2.37. The molecule has 1 heterocycles. The van der Waals surface area contributed by atoms with Gasteiger partial charge in [0.25, 0.3) is 0 Å². The summed E-state index contributed by atoms with van der Waals surface area (Å²) in [4.78, 5) is 24.3. The molecule has 1 amide bonds. The molecule has 2 N–H and O–H groups in total. The molecule has 0 aromatic heterocycles. The van der Waals surface area contributed by atoms with Crippen molar-refractivity contribution in [2.45, 2.75) is 50.6 Å². The van der Waals surface area contributed by atoms with E-state index in [0.717, 1.165) is 32.0 Å². The van der Waals surface area contributed by atoms with Crippen LogP contribution in [0.5, 0.6) is 0 Å². The third-order valence-electron chi connectivity index (χ3n) is 3.52. The van der Waals surface area contributed by atoms with Crippen LogP contribution in [0.1, 0.15) is 38.5 Å². The van der Waals surface area contributed by atoms with E-state index in [-0.39, 0.29) is 24.8 Å². The van der Waals surface area contributed by atoms with E-state index in [1.165, 1.54) is 12.8 Å². The summed E-state index contributed by atoms with van der Waals surface area (Å²) in [5.41, 5.74) is 0. The van der Waals surface area contributed by atoms with E-state index >= 15 is 0 Å². The average Bonchev–Trinajstić information content (AvgIpc) is 3.11. The van der Waals surface area contributed by atoms with Crippen molar-refractivity contribution in [1.29, 1.82) is 0 Å². The van der Waals surface area contributed by atoms with Gasteiger partial charge in [-0.2, -0.15) is 0 Å². The number of hydrogen-bond donors (Lipinski definition) is 2. The van der Waals surface area contributed by atoms with Gasteiger partial charge in [0.05, 0.1) is 6.42 Å². The minimum atomic E-state index is -0.913. The minimum absolute atomic E-state index is 0.0766. The smallest absolute Gasteiger partial charge is 0.303 e. The molecule has 0 spiro atoms. The Balaban J connectivity index is 1.63. The SMILES string of the molecule is O=C(O)CCC(=O)NC1CCN(C2CC2)CC1. The standard InChI is InChI=1S/C12H20N2O3/c15-11(3-4-12(16)17)13-9-5-7-14(8-6-9)10-1-2-10/h9-10H,1-8H2,(H,13,15)(H,16,17). The molecule has 2 rings (SSSR count). The number of rotatable bonds is 5. The van der Waals surface area contributed by atoms with Gasteiger partial charge in [0.1, 0.15) is 0 Å². The number of carbonyl (C=O) groups excluding carboxylic acids is 1. The summed E-state index contributed by atoms with van der Waals surface area (Å²) < 4.78 is 0. The van der Waals surface area contributed by atoms with Crippen molar-refractivity contribution >= 4 is 11.9 Å². The Morgan fingerprint density at radius 2 is 1.76 bits per heavy atom. The van der Waals surface area contributed by atoms with Gasteiger partial charge < -0.3 is 15.3 Å². The molecule has 0 atom stereocenters. The number of nitrogens with zero attached hydrogens (tertiary/aromatic N) is 1. The summed E-state index contributed by atoms with van der Waals surface area (Å²) >= 11 is 0. The van der Waals surface area contributed by atoms with Crippen LogP contribution in [0.3, 0.4) is 0 Å². The Morgan fingerprint density at radius 1 is 1.12 bits per heavy atom. The fourth-order valence-corrected chi connectivity index (χ4v) is 2.37. The lowest BCUT2D eigenvalue weighted by Crippen LogP contribution is -2.45. The highest BCUT2D eigenvalue weighted by Gasteiger charge is 2.31. The maximum Gasteiger partial charge on any atom is 0.303 e. The van der Waals surface area contributed by atoms with Gasteiger partial charge >= 0.3 is 5.97 Å². The number of piperidine rings is 1. The number of carboxylic acids is 1. The van der Waals surface area contributed by atoms with Gasteiger partial charge in [0, 0.05) is 31.6 Å². The second kappa shape index (κ2) is 5.49. The lowest BCUT2D eigenvalue weighted by molar-refractivity contribution is -0.139. The quantitative estimate of drug-likeness (QED) is 0.738. The summed E-state index contributed by atoms with van der Waals surface area (Å²) in [6, 6.07) is 1.05. The molecule has 0 radical (unpaired) electrons. The van der Waals surface area contributed by atoms with Gasteiger partial charge in [-0.1, -0.05) is 0 Å². The molecule has 1 aliphatic heterocycles. The number of hydrogen-bond acceptors (Lipinski definition) is 3. The number of amides is 1. The van der Waals surface area contributed by atoms with Crippen molar-refractivity contribution < 1.29 is 14.7 Å². The first-order chi connectivity index (χ1) is 8.15. The third kappa shape index (κ3) is 4.00. The number of likely N-dealkylation sites (tertiary alicyclic amines) is 1. The lowest BCUT2D eigenvalue weighted by atomic mass is 10.0. The second-order valence-corrected chi connectivity index (χ2v) is 5.00. The maximum atomic E-state index is 11.5. The van der Waals surface area contributed by atoms with Gasteiger partial charge in [0.2, 0.25) is 5.91 Å². The van der Waals surface area contributed by atoms with Crippen LogP contribution in [-0.4, -0.2) is 47.1 Å². The molecule has 5 nitrogen and oxygen atoms in total. The maximum absolute atomic E-state index is 11.5. The molecule has 1 aliphatic carbocycles. The highest BCUT2D eigenvalue weighted by atomic mass is 16.4. The highest BCUT2D eigenvalue weighted by Crippen LogP contribution is 2.29. The van der Waals surface area contributed by atoms with E-state index < -0.39 is 5.97 Å². The van der Waals surface area contributed by atoms with E-state index in [1.807, 2.05) is 0 Å². The van der Waals surface area contributed by atoms with Crippen LogP contribution < -0.4 is 5.32 Å². The first-order valence-electron chi connectivity index (χ1n) is 6.40. The summed E-state index contributed by atoms with van der Waals surface area (Å²) in [5.74, 6) is -1.04. The van der Waals surface area contributed by atoms with Gasteiger partial charge in [0.15, 0.2) is 0 Å². The first-order valence-corrected chi connectivity index (χ1v) is 6.40. The molecule has 17 heavy (non-hydrogen) atoms. The van der Waals surface area contributed by atoms with E-state index in [0.29, 0.717) is 0 Å². The van der Waals surface area contributed by atoms with E-state index in [9.17, 15) is 9.59 Å². The first kappa shape index (κ1) is 12.4. The second-order valence-electron chi connectivity index (χ2n) is 5.00. The molecular weight excluding hydrogens is 220 g/mol. The number of nitrogens with one attached hydrogen (secondary N) is 1. The van der Waals surface area contributed by atoms with E-state index in [2.05, 4.69) is 10.2 Å². The Morgan fingerprint density at radius 3 is 2.29 bits per heavy atom. The van der Waals surface area contributed by atoms with Crippen molar-refractivity contribution in [1.82, 2.24) is 10.2 Å². The fraction of sp³-hybridized carbons (Fsp3) is 0.833. The summed E-state index contributed by atoms with van der Waals surface area (Å²) in [6.45, 7) is 2.13. The minimum Gasteiger partial charge on any atom is -0.481 e. The predicted octanol–water partition coefficient (Wildman–Crippen LogP) is 0.594. The van der Waals surface area contributed by atoms with Gasteiger partial charge in [-0.15, -0.1) is 0 Å². The zero-order chi connectivity index (χ0) is 12.3. The molecule has 0 aromatic carbocycles. The molecule has 5 heteroatoms. The molecule has 1 saturated carbocycles. The van der Waals surface area contributed by atoms with Crippen LogP contribution in [0.4, 0.5) is 0 Å². The predicted molar refractivity (Wildman–Crippen MR) is 62.6 cm³/mol. The zero-order valence-corrected chi connectivity index (χ0v) is 10.0. The van der Waals surface area contributed by atoms with Crippen LogP contribution >= 0.6 is 0 Å². The van der Waals surface area contributed by atoms with Crippen molar-refractivity contribution in [2.24, 2.45) is 0 Å². The van der Waals surface area contributed by atoms with Gasteiger partial charge in [-0.05, 0) is 25.7 Å². The van der Waals surface area contributed by atoms with Crippen LogP contribution in [0, 0.1) is 0 Å². The molecule has 2 fully saturated rings. The largest absolute Gasteiger partial charge is 0.481 e. The molecule has 96 valence electrons. The molecule has 0 unspecified atom stereocenters. The van der Waals surface area contributed by atoms with Gasteiger partial charge in [-0.25, -0.2) is 0 Å². The Hall–Kier alpha value is -1.10. The highest BCUT2D eigenvalue weighted by molar-refractivity contribution is 5.80. The van der Waals surface area contributed by atoms with Crippen LogP contribution in [0.15, 0.2) is 0 Å². The molecule has 2 aliphatic rings. The number of carbonyl (C=O) groups is 2. The molecule has 1 saturated heterocycles. The molecule has 0 aromatic rings. The van der Waals surface area contributed by atoms with Crippen molar-refractivity contribution in [3.05, 3.63) is 0 Å². The topological polar surface area (TPSA) is 69.6 Å². The van der Waals surface area contributed by atoms with Crippen molar-refractivity contribution in [3.63, 3.8) is 0 Å². The normalized spacial score (nSPS) is 22.4. The number of aliphatic carboxylic acids is 1. The average molecular weight is 240 g/mol. The van der Waals surface area contributed by atoms with Crippen molar-refractivity contribution in [2.75, 3.05) is 13.1 Å². The van der Waals surface area contributed by atoms with Crippen LogP contribution in [0.25, 0.3) is 0 Å². The zero-order valence-electron chi connectivity index (χ0n) is 10.0. The Labute approximate surface area is 101 Å². The molecular formula is C12H20N2O3. The summed E-state index contributed by atoms with van der Waals surface area (Å²) in [5, 5.41) is 11.4. The number of carboxylic acid groups (broad SMARTS) is 1. The monoisotopic (exact) mass is 240 g/mol. The van der Waals surface area contributed by atoms with Crippen LogP contribution in [-0.2, 0) is 9.59 Å². The van der Waals surface area contributed by atoms with Crippen molar-refractivity contribution in [3.8, 4) is 0 Å². The lowest BCUT2D eigenvalue weighted by Gasteiger charge is -2.32. The summed E-state index contributed by atoms with van der Waals surface area (Å²) in [6.07, 6.45) is 4.67. The van der Waals surface area contributed by atoms with Crippen LogP contribution in [0.2, 0.25) is 0 Å². The summed E-state index contributed by atoms with van der Waals surface area (Å²) in [7, 11) is 0. The Kier molecular flexibility index (Phi) is 3.99. The Bertz CT molecular complexity index is 294. The van der Waals surface area contributed by atoms with Gasteiger partial charge in [-0.3, -0.25) is 9.59 Å². The molecule has 0 bridgehead atoms. The third-order valence-corrected chi connectivity index (χ3v) is 3.52.